The molecule has 6 nitrogen and oxygen atoms in total. The first-order chi connectivity index (χ1) is 8.69. The van der Waals surface area contributed by atoms with Crippen LogP contribution >= 0.6 is 22.9 Å². The largest absolute Gasteiger partial charge is 0.481 e. The summed E-state index contributed by atoms with van der Waals surface area (Å²) in [6.07, 6.45) is -0.982. The summed E-state index contributed by atoms with van der Waals surface area (Å²) in [6.45, 7) is 5.16. The third-order valence-corrected chi connectivity index (χ3v) is 3.29. The summed E-state index contributed by atoms with van der Waals surface area (Å²) in [7, 11) is 0. The first-order valence-corrected chi connectivity index (χ1v) is 6.75. The SMILES string of the molecule is CC(C)(C)OC(=O)N[C@H](CC(=O)O)c1scnc1Cl. The van der Waals surface area contributed by atoms with Crippen LogP contribution in [0.2, 0.25) is 5.15 Å². The summed E-state index contributed by atoms with van der Waals surface area (Å²) in [6, 6.07) is -0.757. The second-order valence-corrected chi connectivity index (χ2v) is 6.05. The molecule has 0 saturated carbocycles. The molecule has 1 aromatic rings. The van der Waals surface area contributed by atoms with Crippen LogP contribution in [0, 0.1) is 0 Å². The maximum Gasteiger partial charge on any atom is 0.408 e. The zero-order chi connectivity index (χ0) is 14.6. The van der Waals surface area contributed by atoms with Gasteiger partial charge in [-0.2, -0.15) is 0 Å². The second kappa shape index (κ2) is 6.21. The Morgan fingerprint density at radius 2 is 2.21 bits per heavy atom. The number of carbonyl (C=O) groups excluding carboxylic acids is 1. The average molecular weight is 307 g/mol. The van der Waals surface area contributed by atoms with Crippen LogP contribution in [-0.2, 0) is 9.53 Å². The third-order valence-electron chi connectivity index (χ3n) is 1.94. The quantitative estimate of drug-likeness (QED) is 0.893. The number of aromatic nitrogens is 1. The van der Waals surface area contributed by atoms with Crippen molar-refractivity contribution in [2.45, 2.75) is 38.8 Å². The number of halogens is 1. The van der Waals surface area contributed by atoms with Crippen LogP contribution in [0.15, 0.2) is 5.51 Å². The van der Waals surface area contributed by atoms with Crippen LogP contribution in [-0.4, -0.2) is 27.8 Å². The van der Waals surface area contributed by atoms with Crippen molar-refractivity contribution in [3.63, 3.8) is 0 Å². The highest BCUT2D eigenvalue weighted by Crippen LogP contribution is 2.28. The van der Waals surface area contributed by atoms with Crippen LogP contribution in [0.5, 0.6) is 0 Å². The van der Waals surface area contributed by atoms with Gasteiger partial charge in [0.2, 0.25) is 0 Å². The Balaban J connectivity index is 2.79. The van der Waals surface area contributed by atoms with Gasteiger partial charge in [-0.1, -0.05) is 11.6 Å². The third kappa shape index (κ3) is 5.44. The van der Waals surface area contributed by atoms with E-state index in [1.165, 1.54) is 16.8 Å². The number of rotatable bonds is 4. The van der Waals surface area contributed by atoms with E-state index in [9.17, 15) is 9.59 Å². The Bertz CT molecular complexity index is 470. The zero-order valence-electron chi connectivity index (χ0n) is 10.8. The second-order valence-electron chi connectivity index (χ2n) is 4.80. The molecule has 1 heterocycles. The summed E-state index contributed by atoms with van der Waals surface area (Å²) in [5, 5.41) is 11.5. The fourth-order valence-corrected chi connectivity index (χ4v) is 2.40. The van der Waals surface area contributed by atoms with Crippen molar-refractivity contribution in [3.8, 4) is 0 Å². The first-order valence-electron chi connectivity index (χ1n) is 5.49. The summed E-state index contributed by atoms with van der Waals surface area (Å²) in [4.78, 5) is 26.8. The van der Waals surface area contributed by atoms with Gasteiger partial charge in [0.15, 0.2) is 0 Å². The monoisotopic (exact) mass is 306 g/mol. The molecular weight excluding hydrogens is 292 g/mol. The molecule has 8 heteroatoms. The minimum absolute atomic E-state index is 0.187. The predicted octanol–water partition coefficient (Wildman–Crippen LogP) is 2.84. The molecule has 1 atom stereocenters. The highest BCUT2D eigenvalue weighted by molar-refractivity contribution is 7.10. The fourth-order valence-electron chi connectivity index (χ4n) is 1.30. The zero-order valence-corrected chi connectivity index (χ0v) is 12.3. The molecule has 19 heavy (non-hydrogen) atoms. The lowest BCUT2D eigenvalue weighted by Gasteiger charge is -2.22. The van der Waals surface area contributed by atoms with Crippen molar-refractivity contribution in [1.82, 2.24) is 10.3 Å². The Labute approximate surface area is 119 Å². The number of alkyl carbamates (subject to hydrolysis) is 1. The lowest BCUT2D eigenvalue weighted by Crippen LogP contribution is -2.35. The lowest BCUT2D eigenvalue weighted by atomic mass is 10.2. The number of carboxylic acids is 1. The van der Waals surface area contributed by atoms with Crippen molar-refractivity contribution < 1.29 is 19.4 Å². The van der Waals surface area contributed by atoms with E-state index in [2.05, 4.69) is 10.3 Å². The normalized spacial score (nSPS) is 12.8. The number of hydrogen-bond acceptors (Lipinski definition) is 5. The summed E-state index contributed by atoms with van der Waals surface area (Å²) < 4.78 is 5.09. The van der Waals surface area contributed by atoms with Crippen molar-refractivity contribution >= 4 is 35.0 Å². The van der Waals surface area contributed by atoms with E-state index in [1.807, 2.05) is 0 Å². The van der Waals surface area contributed by atoms with E-state index < -0.39 is 23.7 Å². The predicted molar refractivity (Wildman–Crippen MR) is 71.5 cm³/mol. The maximum absolute atomic E-state index is 11.7. The van der Waals surface area contributed by atoms with Crippen LogP contribution in [0.3, 0.4) is 0 Å². The number of amides is 1. The average Bonchev–Trinajstić information content (AvgIpc) is 2.59. The molecule has 1 aromatic heterocycles. The van der Waals surface area contributed by atoms with E-state index in [4.69, 9.17) is 21.4 Å². The van der Waals surface area contributed by atoms with Crippen molar-refractivity contribution in [1.29, 1.82) is 0 Å². The Morgan fingerprint density at radius 1 is 1.58 bits per heavy atom. The topological polar surface area (TPSA) is 88.5 Å². The molecule has 0 radical (unpaired) electrons. The molecule has 0 aliphatic rings. The number of hydrogen-bond donors (Lipinski definition) is 2. The Hall–Kier alpha value is -1.34. The molecule has 0 aliphatic heterocycles. The van der Waals surface area contributed by atoms with Gasteiger partial charge in [0.05, 0.1) is 22.9 Å². The van der Waals surface area contributed by atoms with Gasteiger partial charge < -0.3 is 15.2 Å². The van der Waals surface area contributed by atoms with Gasteiger partial charge in [-0.15, -0.1) is 11.3 Å². The number of aliphatic carboxylic acids is 1. The van der Waals surface area contributed by atoms with Gasteiger partial charge in [0, 0.05) is 0 Å². The molecular formula is C11H15ClN2O4S. The first kappa shape index (κ1) is 15.7. The molecule has 0 spiro atoms. The van der Waals surface area contributed by atoms with Crippen LogP contribution < -0.4 is 5.32 Å². The molecule has 0 aromatic carbocycles. The van der Waals surface area contributed by atoms with Crippen LogP contribution in [0.1, 0.15) is 38.1 Å². The Kier molecular flexibility index (Phi) is 5.13. The Morgan fingerprint density at radius 3 is 2.63 bits per heavy atom. The molecule has 2 N–H and O–H groups in total. The van der Waals surface area contributed by atoms with Crippen molar-refractivity contribution in [2.24, 2.45) is 0 Å². The van der Waals surface area contributed by atoms with Crippen molar-refractivity contribution in [3.05, 3.63) is 15.5 Å². The van der Waals surface area contributed by atoms with Gasteiger partial charge in [0.25, 0.3) is 0 Å². The highest BCUT2D eigenvalue weighted by atomic mass is 35.5. The number of carboxylic acid groups (broad SMARTS) is 1. The lowest BCUT2D eigenvalue weighted by molar-refractivity contribution is -0.137. The molecule has 106 valence electrons. The van der Waals surface area contributed by atoms with Gasteiger partial charge >= 0.3 is 12.1 Å². The molecule has 1 amide bonds. The minimum Gasteiger partial charge on any atom is -0.481 e. The van der Waals surface area contributed by atoms with Gasteiger partial charge in [-0.25, -0.2) is 9.78 Å². The van der Waals surface area contributed by atoms with Gasteiger partial charge in [-0.3, -0.25) is 4.79 Å². The number of nitrogens with one attached hydrogen (secondary N) is 1. The number of carbonyl (C=O) groups is 2. The maximum atomic E-state index is 11.7. The van der Waals surface area contributed by atoms with Gasteiger partial charge in [0.1, 0.15) is 10.8 Å². The van der Waals surface area contributed by atoms with E-state index in [1.54, 1.807) is 20.8 Å². The minimum atomic E-state index is -1.05. The van der Waals surface area contributed by atoms with E-state index in [0.29, 0.717) is 4.88 Å². The van der Waals surface area contributed by atoms with E-state index in [-0.39, 0.29) is 11.6 Å². The fraction of sp³-hybridized carbons (Fsp3) is 0.545. The van der Waals surface area contributed by atoms with Crippen LogP contribution in [0.4, 0.5) is 4.79 Å². The molecule has 0 fully saturated rings. The number of thiazole rings is 1. The summed E-state index contributed by atoms with van der Waals surface area (Å²) in [5.74, 6) is -1.05. The molecule has 0 saturated heterocycles. The van der Waals surface area contributed by atoms with Gasteiger partial charge in [-0.05, 0) is 20.8 Å². The summed E-state index contributed by atoms with van der Waals surface area (Å²) >= 11 is 7.03. The molecule has 0 aliphatic carbocycles. The molecule has 1 rings (SSSR count). The number of nitrogens with zero attached hydrogens (tertiary/aromatic N) is 1. The number of ether oxygens (including phenoxy) is 1. The smallest absolute Gasteiger partial charge is 0.408 e. The van der Waals surface area contributed by atoms with E-state index >= 15 is 0 Å². The molecule has 0 unspecified atom stereocenters. The highest BCUT2D eigenvalue weighted by Gasteiger charge is 2.25. The van der Waals surface area contributed by atoms with Crippen LogP contribution in [0.25, 0.3) is 0 Å². The standard InChI is InChI=1S/C11H15ClN2O4S/c1-11(2,3)18-10(17)14-6(4-7(15)16)8-9(12)13-5-19-8/h5-6H,4H2,1-3H3,(H,14,17)(H,15,16)/t6-/m1/s1. The van der Waals surface area contributed by atoms with Crippen molar-refractivity contribution in [2.75, 3.05) is 0 Å². The molecule has 0 bridgehead atoms. The van der Waals surface area contributed by atoms with E-state index in [0.717, 1.165) is 0 Å². The summed E-state index contributed by atoms with van der Waals surface area (Å²) in [5.41, 5.74) is 0.832.